The summed E-state index contributed by atoms with van der Waals surface area (Å²) in [6.45, 7) is 0. The van der Waals surface area contributed by atoms with E-state index in [2.05, 4.69) is 4.74 Å². The van der Waals surface area contributed by atoms with E-state index in [-0.39, 0.29) is 17.0 Å². The standard InChI is InChI=1S/C14H11ClFNO3/c1-19-14(18)10-6-13(11(16)7-12(10)17)20-9-4-2-8(15)3-5-9/h2-7H,17H2,1H3. The van der Waals surface area contributed by atoms with E-state index in [1.807, 2.05) is 0 Å². The van der Waals surface area contributed by atoms with Crippen molar-refractivity contribution in [3.8, 4) is 11.5 Å². The number of ether oxygens (including phenoxy) is 2. The maximum absolute atomic E-state index is 13.8. The first-order valence-corrected chi connectivity index (χ1v) is 6.00. The van der Waals surface area contributed by atoms with E-state index in [1.54, 1.807) is 24.3 Å². The first-order chi connectivity index (χ1) is 9.51. The molecule has 2 aromatic rings. The Labute approximate surface area is 119 Å². The third-order valence-corrected chi connectivity index (χ3v) is 2.80. The predicted molar refractivity (Wildman–Crippen MR) is 73.7 cm³/mol. The highest BCUT2D eigenvalue weighted by molar-refractivity contribution is 6.30. The molecular weight excluding hydrogens is 285 g/mol. The molecule has 0 aliphatic heterocycles. The first-order valence-electron chi connectivity index (χ1n) is 5.62. The summed E-state index contributed by atoms with van der Waals surface area (Å²) < 4.78 is 23.7. The van der Waals surface area contributed by atoms with Gasteiger partial charge >= 0.3 is 5.97 Å². The van der Waals surface area contributed by atoms with Gasteiger partial charge in [-0.3, -0.25) is 0 Å². The summed E-state index contributed by atoms with van der Waals surface area (Å²) in [6.07, 6.45) is 0. The van der Waals surface area contributed by atoms with Crippen molar-refractivity contribution in [2.24, 2.45) is 0 Å². The number of esters is 1. The summed E-state index contributed by atoms with van der Waals surface area (Å²) in [4.78, 5) is 11.5. The van der Waals surface area contributed by atoms with E-state index in [9.17, 15) is 9.18 Å². The number of nitrogens with two attached hydrogens (primary N) is 1. The lowest BCUT2D eigenvalue weighted by Gasteiger charge is -2.10. The van der Waals surface area contributed by atoms with Crippen molar-refractivity contribution >= 4 is 23.3 Å². The van der Waals surface area contributed by atoms with Crippen LogP contribution < -0.4 is 10.5 Å². The van der Waals surface area contributed by atoms with Gasteiger partial charge < -0.3 is 15.2 Å². The van der Waals surface area contributed by atoms with E-state index in [4.69, 9.17) is 22.1 Å². The van der Waals surface area contributed by atoms with Crippen LogP contribution in [0.3, 0.4) is 0 Å². The lowest BCUT2D eigenvalue weighted by molar-refractivity contribution is 0.0601. The van der Waals surface area contributed by atoms with Crippen LogP contribution >= 0.6 is 11.6 Å². The number of halogens is 2. The normalized spacial score (nSPS) is 10.2. The second-order valence-electron chi connectivity index (χ2n) is 3.92. The van der Waals surface area contributed by atoms with Gasteiger partial charge in [-0.1, -0.05) is 11.6 Å². The summed E-state index contributed by atoms with van der Waals surface area (Å²) in [7, 11) is 1.21. The number of carbonyl (C=O) groups is 1. The number of rotatable bonds is 3. The molecule has 0 unspecified atom stereocenters. The Hall–Kier alpha value is -2.27. The van der Waals surface area contributed by atoms with Crippen LogP contribution in [0.1, 0.15) is 10.4 Å². The van der Waals surface area contributed by atoms with Crippen LogP contribution in [-0.2, 0) is 4.74 Å². The van der Waals surface area contributed by atoms with Crippen LogP contribution in [0.15, 0.2) is 36.4 Å². The largest absolute Gasteiger partial charge is 0.465 e. The average molecular weight is 296 g/mol. The molecule has 0 aromatic heterocycles. The second kappa shape index (κ2) is 5.79. The van der Waals surface area contributed by atoms with Gasteiger partial charge in [0.05, 0.1) is 12.7 Å². The van der Waals surface area contributed by atoms with Crippen LogP contribution in [0, 0.1) is 5.82 Å². The molecule has 6 heteroatoms. The zero-order valence-corrected chi connectivity index (χ0v) is 11.3. The van der Waals surface area contributed by atoms with Crippen LogP contribution in [0.25, 0.3) is 0 Å². The Kier molecular flexibility index (Phi) is 4.10. The zero-order chi connectivity index (χ0) is 14.7. The van der Waals surface area contributed by atoms with E-state index in [0.717, 1.165) is 6.07 Å². The van der Waals surface area contributed by atoms with Gasteiger partial charge in [0.15, 0.2) is 11.6 Å². The molecule has 0 aliphatic carbocycles. The Bertz CT molecular complexity index is 644. The molecule has 2 aromatic carbocycles. The van der Waals surface area contributed by atoms with E-state index in [0.29, 0.717) is 10.8 Å². The maximum Gasteiger partial charge on any atom is 0.340 e. The summed E-state index contributed by atoms with van der Waals surface area (Å²) in [5.74, 6) is -1.08. The summed E-state index contributed by atoms with van der Waals surface area (Å²) in [6, 6.07) is 8.58. The quantitative estimate of drug-likeness (QED) is 0.693. The fourth-order valence-corrected chi connectivity index (χ4v) is 1.69. The molecule has 0 saturated carbocycles. The molecule has 0 atom stereocenters. The van der Waals surface area contributed by atoms with Gasteiger partial charge in [0.2, 0.25) is 0 Å². The zero-order valence-electron chi connectivity index (χ0n) is 10.5. The molecule has 0 heterocycles. The smallest absolute Gasteiger partial charge is 0.340 e. The average Bonchev–Trinajstić information content (AvgIpc) is 2.43. The molecule has 2 N–H and O–H groups in total. The summed E-state index contributed by atoms with van der Waals surface area (Å²) >= 11 is 5.74. The molecule has 0 aliphatic rings. The van der Waals surface area contributed by atoms with Gasteiger partial charge in [-0.25, -0.2) is 9.18 Å². The highest BCUT2D eigenvalue weighted by atomic mass is 35.5. The third kappa shape index (κ3) is 3.00. The summed E-state index contributed by atoms with van der Waals surface area (Å²) in [5.41, 5.74) is 5.59. The molecule has 2 rings (SSSR count). The number of methoxy groups -OCH3 is 1. The van der Waals surface area contributed by atoms with Gasteiger partial charge in [0, 0.05) is 22.8 Å². The Morgan fingerprint density at radius 2 is 1.90 bits per heavy atom. The molecule has 4 nitrogen and oxygen atoms in total. The van der Waals surface area contributed by atoms with Gasteiger partial charge in [-0.2, -0.15) is 0 Å². The molecular formula is C14H11ClFNO3. The highest BCUT2D eigenvalue weighted by Gasteiger charge is 2.16. The van der Waals surface area contributed by atoms with E-state index >= 15 is 0 Å². The highest BCUT2D eigenvalue weighted by Crippen LogP contribution is 2.29. The van der Waals surface area contributed by atoms with Gasteiger partial charge in [-0.15, -0.1) is 0 Å². The monoisotopic (exact) mass is 295 g/mol. The fourth-order valence-electron chi connectivity index (χ4n) is 1.56. The maximum atomic E-state index is 13.8. The van der Waals surface area contributed by atoms with Crippen molar-refractivity contribution in [1.29, 1.82) is 0 Å². The Morgan fingerprint density at radius 3 is 2.50 bits per heavy atom. The van der Waals surface area contributed by atoms with Crippen LogP contribution in [0.2, 0.25) is 5.02 Å². The van der Waals surface area contributed by atoms with E-state index in [1.165, 1.54) is 13.2 Å². The molecule has 104 valence electrons. The minimum Gasteiger partial charge on any atom is -0.465 e. The predicted octanol–water partition coefficient (Wildman–Crippen LogP) is 3.64. The van der Waals surface area contributed by atoms with Crippen molar-refractivity contribution in [3.05, 3.63) is 52.8 Å². The summed E-state index contributed by atoms with van der Waals surface area (Å²) in [5, 5.41) is 0.533. The number of nitrogen functional groups attached to an aromatic ring is 1. The van der Waals surface area contributed by atoms with E-state index < -0.39 is 11.8 Å². The third-order valence-electron chi connectivity index (χ3n) is 2.55. The lowest BCUT2D eigenvalue weighted by atomic mass is 10.1. The number of benzene rings is 2. The Balaban J connectivity index is 2.36. The molecule has 0 amide bonds. The molecule has 20 heavy (non-hydrogen) atoms. The lowest BCUT2D eigenvalue weighted by Crippen LogP contribution is -2.06. The number of hydrogen-bond donors (Lipinski definition) is 1. The van der Waals surface area contributed by atoms with Gasteiger partial charge in [-0.05, 0) is 24.3 Å². The van der Waals surface area contributed by atoms with Crippen LogP contribution in [-0.4, -0.2) is 13.1 Å². The van der Waals surface area contributed by atoms with Crippen molar-refractivity contribution in [2.75, 3.05) is 12.8 Å². The van der Waals surface area contributed by atoms with Gasteiger partial charge in [0.25, 0.3) is 0 Å². The van der Waals surface area contributed by atoms with Crippen molar-refractivity contribution in [1.82, 2.24) is 0 Å². The van der Waals surface area contributed by atoms with Crippen LogP contribution in [0.5, 0.6) is 11.5 Å². The minimum absolute atomic E-state index is 0.0159. The molecule has 0 radical (unpaired) electrons. The minimum atomic E-state index is -0.676. The van der Waals surface area contributed by atoms with Crippen molar-refractivity contribution in [2.45, 2.75) is 0 Å². The molecule has 0 saturated heterocycles. The first kappa shape index (κ1) is 14.1. The van der Waals surface area contributed by atoms with Crippen LogP contribution in [0.4, 0.5) is 10.1 Å². The fraction of sp³-hybridized carbons (Fsp3) is 0.0714. The second-order valence-corrected chi connectivity index (χ2v) is 4.35. The number of hydrogen-bond acceptors (Lipinski definition) is 4. The number of carbonyl (C=O) groups excluding carboxylic acids is 1. The topological polar surface area (TPSA) is 61.5 Å². The number of anilines is 1. The van der Waals surface area contributed by atoms with Crippen molar-refractivity contribution < 1.29 is 18.7 Å². The van der Waals surface area contributed by atoms with Gasteiger partial charge in [0.1, 0.15) is 5.75 Å². The molecule has 0 bridgehead atoms. The Morgan fingerprint density at radius 1 is 1.25 bits per heavy atom. The SMILES string of the molecule is COC(=O)c1cc(Oc2ccc(Cl)cc2)c(F)cc1N. The van der Waals surface area contributed by atoms with Crippen molar-refractivity contribution in [3.63, 3.8) is 0 Å². The molecule has 0 spiro atoms. The molecule has 0 fully saturated rings.